The lowest BCUT2D eigenvalue weighted by molar-refractivity contribution is 0.422. The summed E-state index contributed by atoms with van der Waals surface area (Å²) < 4.78 is 31.7. The molecule has 0 saturated heterocycles. The molecule has 1 aromatic heterocycles. The third-order valence-electron chi connectivity index (χ3n) is 2.38. The van der Waals surface area contributed by atoms with E-state index in [1.54, 1.807) is 0 Å². The first kappa shape index (κ1) is 14.0. The smallest absolute Gasteiger partial charge is 0.226 e. The average molecular weight is 280 g/mol. The van der Waals surface area contributed by atoms with Crippen LogP contribution in [-0.2, 0) is 0 Å². The van der Waals surface area contributed by atoms with Gasteiger partial charge in [-0.2, -0.15) is 9.97 Å². The Morgan fingerprint density at radius 1 is 1.25 bits per heavy atom. The number of benzene rings is 1. The molecule has 0 aliphatic heterocycles. The Labute approximate surface area is 114 Å². The zero-order chi connectivity index (χ0) is 14.5. The van der Waals surface area contributed by atoms with Crippen molar-refractivity contribution < 1.29 is 13.5 Å². The molecule has 0 amide bonds. The molecule has 3 N–H and O–H groups in total. The third kappa shape index (κ3) is 3.53. The highest BCUT2D eigenvalue weighted by Gasteiger charge is 2.09. The van der Waals surface area contributed by atoms with Crippen LogP contribution in [0.1, 0.15) is 13.3 Å². The average Bonchev–Trinajstić information content (AvgIpc) is 2.40. The largest absolute Gasteiger partial charge is 0.436 e. The summed E-state index contributed by atoms with van der Waals surface area (Å²) in [5.41, 5.74) is 5.54. The predicted octanol–water partition coefficient (Wildman–Crippen LogP) is 2.95. The van der Waals surface area contributed by atoms with Crippen LogP contribution in [0.4, 0.5) is 20.5 Å². The molecule has 1 aromatic carbocycles. The van der Waals surface area contributed by atoms with Crippen molar-refractivity contribution in [3.05, 3.63) is 35.9 Å². The van der Waals surface area contributed by atoms with E-state index in [-0.39, 0.29) is 17.6 Å². The molecule has 7 heteroatoms. The minimum Gasteiger partial charge on any atom is -0.436 e. The SMILES string of the molecule is CCCNc1cc(Oc2cc(F)ccc2F)nc(N)n1. The van der Waals surface area contributed by atoms with Gasteiger partial charge in [0.15, 0.2) is 11.6 Å². The number of hydrogen-bond acceptors (Lipinski definition) is 5. The molecule has 0 aliphatic carbocycles. The van der Waals surface area contributed by atoms with Crippen molar-refractivity contribution in [1.82, 2.24) is 9.97 Å². The Hall–Kier alpha value is -2.44. The molecule has 0 aliphatic rings. The van der Waals surface area contributed by atoms with Gasteiger partial charge in [0, 0.05) is 18.7 Å². The molecule has 0 unspecified atom stereocenters. The van der Waals surface area contributed by atoms with Gasteiger partial charge >= 0.3 is 0 Å². The molecule has 106 valence electrons. The fourth-order valence-corrected chi connectivity index (χ4v) is 1.51. The Kier molecular flexibility index (Phi) is 4.29. The van der Waals surface area contributed by atoms with Crippen molar-refractivity contribution in [3.63, 3.8) is 0 Å². The molecule has 0 spiro atoms. The van der Waals surface area contributed by atoms with Gasteiger partial charge in [-0.3, -0.25) is 0 Å². The molecule has 2 rings (SSSR count). The fraction of sp³-hybridized carbons (Fsp3) is 0.231. The quantitative estimate of drug-likeness (QED) is 0.881. The van der Waals surface area contributed by atoms with Crippen LogP contribution >= 0.6 is 0 Å². The van der Waals surface area contributed by atoms with Crippen molar-refractivity contribution in [2.24, 2.45) is 0 Å². The second kappa shape index (κ2) is 6.14. The summed E-state index contributed by atoms with van der Waals surface area (Å²) in [7, 11) is 0. The monoisotopic (exact) mass is 280 g/mol. The van der Waals surface area contributed by atoms with Gasteiger partial charge in [-0.1, -0.05) is 6.92 Å². The number of hydrogen-bond donors (Lipinski definition) is 2. The minimum atomic E-state index is -0.688. The maximum atomic E-state index is 13.5. The summed E-state index contributed by atoms with van der Waals surface area (Å²) in [5, 5.41) is 3.01. The fourth-order valence-electron chi connectivity index (χ4n) is 1.51. The van der Waals surface area contributed by atoms with Crippen LogP contribution in [0.5, 0.6) is 11.6 Å². The number of nitrogens with zero attached hydrogens (tertiary/aromatic N) is 2. The normalized spacial score (nSPS) is 10.3. The highest BCUT2D eigenvalue weighted by atomic mass is 19.1. The molecule has 2 aromatic rings. The number of anilines is 2. The summed E-state index contributed by atoms with van der Waals surface area (Å²) in [6.07, 6.45) is 0.901. The van der Waals surface area contributed by atoms with Gasteiger partial charge in [-0.25, -0.2) is 8.78 Å². The molecule has 0 radical (unpaired) electrons. The lowest BCUT2D eigenvalue weighted by atomic mass is 10.3. The number of aromatic nitrogens is 2. The summed E-state index contributed by atoms with van der Waals surface area (Å²) in [4.78, 5) is 7.78. The summed E-state index contributed by atoms with van der Waals surface area (Å²) in [6, 6.07) is 4.39. The number of rotatable bonds is 5. The van der Waals surface area contributed by atoms with E-state index in [1.807, 2.05) is 6.92 Å². The maximum Gasteiger partial charge on any atom is 0.226 e. The van der Waals surface area contributed by atoms with Crippen LogP contribution in [0.2, 0.25) is 0 Å². The van der Waals surface area contributed by atoms with Gasteiger partial charge in [-0.05, 0) is 18.6 Å². The Bertz CT molecular complexity index is 607. The van der Waals surface area contributed by atoms with Crippen molar-refractivity contribution in [3.8, 4) is 11.6 Å². The van der Waals surface area contributed by atoms with Gasteiger partial charge < -0.3 is 15.8 Å². The lowest BCUT2D eigenvalue weighted by Crippen LogP contribution is -2.06. The van der Waals surface area contributed by atoms with Gasteiger partial charge in [0.25, 0.3) is 0 Å². The number of ether oxygens (including phenoxy) is 1. The first-order valence-corrected chi connectivity index (χ1v) is 6.10. The van der Waals surface area contributed by atoms with E-state index in [1.165, 1.54) is 6.07 Å². The standard InChI is InChI=1S/C13H14F2N4O/c1-2-5-17-11-7-12(19-13(16)18-11)20-10-6-8(14)3-4-9(10)15/h3-4,6-7H,2,5H2,1H3,(H3,16,17,18,19). The molecule has 0 saturated carbocycles. The summed E-state index contributed by atoms with van der Waals surface area (Å²) >= 11 is 0. The zero-order valence-corrected chi connectivity index (χ0v) is 10.9. The molecular weight excluding hydrogens is 266 g/mol. The Morgan fingerprint density at radius 3 is 2.80 bits per heavy atom. The number of nitrogens with one attached hydrogen (secondary N) is 1. The van der Waals surface area contributed by atoms with Crippen LogP contribution in [0, 0.1) is 11.6 Å². The van der Waals surface area contributed by atoms with E-state index in [9.17, 15) is 8.78 Å². The topological polar surface area (TPSA) is 73.1 Å². The third-order valence-corrected chi connectivity index (χ3v) is 2.38. The van der Waals surface area contributed by atoms with Crippen LogP contribution in [0.3, 0.4) is 0 Å². The second-order valence-corrected chi connectivity index (χ2v) is 4.05. The molecule has 20 heavy (non-hydrogen) atoms. The molecule has 5 nitrogen and oxygen atoms in total. The molecule has 1 heterocycles. The van der Waals surface area contributed by atoms with Crippen LogP contribution in [0.15, 0.2) is 24.3 Å². The number of nitrogens with two attached hydrogens (primary N) is 1. The van der Waals surface area contributed by atoms with Crippen LogP contribution in [0.25, 0.3) is 0 Å². The lowest BCUT2D eigenvalue weighted by Gasteiger charge is -2.09. The number of nitrogen functional groups attached to an aromatic ring is 1. The Morgan fingerprint density at radius 2 is 2.05 bits per heavy atom. The van der Waals surface area contributed by atoms with Crippen molar-refractivity contribution in [1.29, 1.82) is 0 Å². The van der Waals surface area contributed by atoms with E-state index in [0.717, 1.165) is 24.6 Å². The Balaban J connectivity index is 2.24. The van der Waals surface area contributed by atoms with E-state index in [2.05, 4.69) is 15.3 Å². The van der Waals surface area contributed by atoms with E-state index in [0.29, 0.717) is 12.4 Å². The highest BCUT2D eigenvalue weighted by molar-refractivity contribution is 5.44. The second-order valence-electron chi connectivity index (χ2n) is 4.05. The molecule has 0 bridgehead atoms. The van der Waals surface area contributed by atoms with Gasteiger partial charge in [0.1, 0.15) is 11.6 Å². The summed E-state index contributed by atoms with van der Waals surface area (Å²) in [5.74, 6) is -1.06. The van der Waals surface area contributed by atoms with E-state index < -0.39 is 11.6 Å². The zero-order valence-electron chi connectivity index (χ0n) is 10.9. The highest BCUT2D eigenvalue weighted by Crippen LogP contribution is 2.25. The number of halogens is 2. The van der Waals surface area contributed by atoms with Gasteiger partial charge in [0.05, 0.1) is 0 Å². The minimum absolute atomic E-state index is 0.0158. The molecule has 0 atom stereocenters. The van der Waals surface area contributed by atoms with Crippen molar-refractivity contribution >= 4 is 11.8 Å². The van der Waals surface area contributed by atoms with E-state index >= 15 is 0 Å². The van der Waals surface area contributed by atoms with E-state index in [4.69, 9.17) is 10.5 Å². The first-order chi connectivity index (χ1) is 9.58. The summed E-state index contributed by atoms with van der Waals surface area (Å²) in [6.45, 7) is 2.70. The van der Waals surface area contributed by atoms with Crippen molar-refractivity contribution in [2.75, 3.05) is 17.6 Å². The molecule has 0 fully saturated rings. The maximum absolute atomic E-state index is 13.5. The first-order valence-electron chi connectivity index (χ1n) is 6.10. The van der Waals surface area contributed by atoms with Gasteiger partial charge in [0.2, 0.25) is 11.8 Å². The van der Waals surface area contributed by atoms with Gasteiger partial charge in [-0.15, -0.1) is 0 Å². The van der Waals surface area contributed by atoms with Crippen LogP contribution < -0.4 is 15.8 Å². The molecular formula is C13H14F2N4O. The predicted molar refractivity (Wildman–Crippen MR) is 71.7 cm³/mol. The van der Waals surface area contributed by atoms with Crippen LogP contribution in [-0.4, -0.2) is 16.5 Å². The van der Waals surface area contributed by atoms with Crippen molar-refractivity contribution in [2.45, 2.75) is 13.3 Å².